The normalized spacial score (nSPS) is 18.0. The third kappa shape index (κ3) is 4.17. The number of nitrogens with zero attached hydrogens (tertiary/aromatic N) is 2. The Morgan fingerprint density at radius 3 is 2.13 bits per heavy atom. The highest BCUT2D eigenvalue weighted by Crippen LogP contribution is 2.20. The molecule has 2 nitrogen and oxygen atoms in total. The highest BCUT2D eigenvalue weighted by atomic mass is 15.1. The highest BCUT2D eigenvalue weighted by Gasteiger charge is 2.22. The fraction of sp³-hybridized carbons (Fsp3) is 0.923. The van der Waals surface area contributed by atoms with Crippen molar-refractivity contribution in [3.63, 3.8) is 0 Å². The van der Waals surface area contributed by atoms with Crippen LogP contribution in [-0.4, -0.2) is 28.7 Å². The maximum atomic E-state index is 4.40. The molecule has 1 saturated carbocycles. The Labute approximate surface area is 94.1 Å². The Morgan fingerprint density at radius 2 is 1.67 bits per heavy atom. The molecule has 0 spiro atoms. The van der Waals surface area contributed by atoms with Crippen molar-refractivity contribution < 1.29 is 4.58 Å². The summed E-state index contributed by atoms with van der Waals surface area (Å²) in [6.07, 6.45) is 6.79. The summed E-state index contributed by atoms with van der Waals surface area (Å²) in [6, 6.07) is 4.81. The van der Waals surface area contributed by atoms with Gasteiger partial charge in [0, 0.05) is 0 Å². The summed E-state index contributed by atoms with van der Waals surface area (Å²) in [4.78, 5) is 4.40. The molecular formula is C13H25N2+. The molecule has 0 heterocycles. The number of hydrogen-bond donors (Lipinski definition) is 0. The van der Waals surface area contributed by atoms with E-state index in [2.05, 4.69) is 43.3 Å². The molecular weight excluding hydrogens is 184 g/mol. The third-order valence-corrected chi connectivity index (χ3v) is 2.96. The van der Waals surface area contributed by atoms with Crippen molar-refractivity contribution in [3.8, 4) is 0 Å². The molecule has 0 N–H and O–H groups in total. The standard InChI is InChI=1S/C13H25N2/c1-11(2)14-10-15(12(3)4)13-8-6-5-7-9-13/h11-13H,5-9H2,1-4H3/q+1. The lowest BCUT2D eigenvalue weighted by Gasteiger charge is -2.23. The summed E-state index contributed by atoms with van der Waals surface area (Å²) < 4.78 is 2.33. The van der Waals surface area contributed by atoms with Gasteiger partial charge in [-0.05, 0) is 58.4 Å². The van der Waals surface area contributed by atoms with Crippen molar-refractivity contribution in [1.82, 2.24) is 0 Å². The maximum Gasteiger partial charge on any atom is 0.307 e. The monoisotopic (exact) mass is 209 g/mol. The second-order valence-corrected chi connectivity index (χ2v) is 5.12. The molecule has 0 radical (unpaired) electrons. The Bertz CT molecular complexity index is 241. The van der Waals surface area contributed by atoms with Crippen LogP contribution in [0.15, 0.2) is 4.99 Å². The average molecular weight is 209 g/mol. The minimum Gasteiger partial charge on any atom is -0.215 e. The summed E-state index contributed by atoms with van der Waals surface area (Å²) in [5.74, 6) is 0. The summed E-state index contributed by atoms with van der Waals surface area (Å²) >= 11 is 0. The van der Waals surface area contributed by atoms with Crippen LogP contribution < -0.4 is 0 Å². The van der Waals surface area contributed by atoms with Gasteiger partial charge >= 0.3 is 6.01 Å². The van der Waals surface area contributed by atoms with Gasteiger partial charge in [-0.25, -0.2) is 4.58 Å². The zero-order valence-electron chi connectivity index (χ0n) is 10.7. The van der Waals surface area contributed by atoms with E-state index >= 15 is 0 Å². The molecule has 1 fully saturated rings. The van der Waals surface area contributed by atoms with E-state index in [1.54, 1.807) is 0 Å². The van der Waals surface area contributed by atoms with Crippen LogP contribution in [0, 0.1) is 0 Å². The molecule has 2 heteroatoms. The van der Waals surface area contributed by atoms with Crippen LogP contribution in [0.5, 0.6) is 0 Å². The molecule has 0 bridgehead atoms. The first-order valence-electron chi connectivity index (χ1n) is 6.35. The van der Waals surface area contributed by atoms with Gasteiger partial charge in [0.1, 0.15) is 12.1 Å². The minimum atomic E-state index is 0.356. The second-order valence-electron chi connectivity index (χ2n) is 5.12. The first-order valence-corrected chi connectivity index (χ1v) is 6.35. The molecule has 0 aromatic carbocycles. The summed E-state index contributed by atoms with van der Waals surface area (Å²) in [6.45, 7) is 8.67. The SMILES string of the molecule is CC(C)N=C=[N+](C(C)C)C1CCCCC1. The van der Waals surface area contributed by atoms with Gasteiger partial charge in [-0.3, -0.25) is 0 Å². The molecule has 0 amide bonds. The largest absolute Gasteiger partial charge is 0.307 e. The van der Waals surface area contributed by atoms with Crippen LogP contribution >= 0.6 is 0 Å². The van der Waals surface area contributed by atoms with E-state index in [1.165, 1.54) is 32.1 Å². The molecule has 1 rings (SSSR count). The molecule has 0 unspecified atom stereocenters. The number of hydrogen-bond acceptors (Lipinski definition) is 1. The van der Waals surface area contributed by atoms with Gasteiger partial charge in [0.15, 0.2) is 0 Å². The molecule has 0 aromatic heterocycles. The van der Waals surface area contributed by atoms with Crippen molar-refractivity contribution in [2.45, 2.75) is 77.9 Å². The number of rotatable bonds is 3. The van der Waals surface area contributed by atoms with Gasteiger partial charge in [-0.15, -0.1) is 0 Å². The van der Waals surface area contributed by atoms with E-state index in [4.69, 9.17) is 0 Å². The molecule has 86 valence electrons. The summed E-state index contributed by atoms with van der Waals surface area (Å²) in [5.41, 5.74) is 0. The zero-order chi connectivity index (χ0) is 11.3. The van der Waals surface area contributed by atoms with Crippen LogP contribution in [0.3, 0.4) is 0 Å². The van der Waals surface area contributed by atoms with Crippen molar-refractivity contribution in [3.05, 3.63) is 0 Å². The van der Waals surface area contributed by atoms with E-state index in [9.17, 15) is 0 Å². The van der Waals surface area contributed by atoms with Crippen LogP contribution in [-0.2, 0) is 0 Å². The number of aliphatic imine (C=N–C) groups is 1. The molecule has 1 aliphatic carbocycles. The van der Waals surface area contributed by atoms with Crippen molar-refractivity contribution in [2.24, 2.45) is 4.99 Å². The average Bonchev–Trinajstić information content (AvgIpc) is 2.18. The minimum absolute atomic E-state index is 0.356. The van der Waals surface area contributed by atoms with Crippen molar-refractivity contribution in [1.29, 1.82) is 0 Å². The van der Waals surface area contributed by atoms with Gasteiger partial charge in [-0.1, -0.05) is 6.42 Å². The highest BCUT2D eigenvalue weighted by molar-refractivity contribution is 5.34. The van der Waals surface area contributed by atoms with Crippen molar-refractivity contribution >= 4 is 6.01 Å². The second kappa shape index (κ2) is 6.07. The first kappa shape index (κ1) is 12.4. The molecule has 0 aliphatic heterocycles. The summed E-state index contributed by atoms with van der Waals surface area (Å²) in [7, 11) is 0. The molecule has 15 heavy (non-hydrogen) atoms. The lowest BCUT2D eigenvalue weighted by Crippen LogP contribution is -2.33. The summed E-state index contributed by atoms with van der Waals surface area (Å²) in [5, 5.41) is 0. The van der Waals surface area contributed by atoms with E-state index in [1.807, 2.05) is 0 Å². The quantitative estimate of drug-likeness (QED) is 0.500. The van der Waals surface area contributed by atoms with E-state index in [-0.39, 0.29) is 0 Å². The predicted octanol–water partition coefficient (Wildman–Crippen LogP) is 3.32. The fourth-order valence-electron chi connectivity index (χ4n) is 2.16. The Hall–Kier alpha value is -0.620. The fourth-order valence-corrected chi connectivity index (χ4v) is 2.16. The van der Waals surface area contributed by atoms with E-state index in [0.717, 1.165) is 0 Å². The zero-order valence-corrected chi connectivity index (χ0v) is 10.7. The Morgan fingerprint density at radius 1 is 1.07 bits per heavy atom. The topological polar surface area (TPSA) is 15.4 Å². The van der Waals surface area contributed by atoms with Crippen LogP contribution in [0.4, 0.5) is 0 Å². The van der Waals surface area contributed by atoms with Crippen molar-refractivity contribution in [2.75, 3.05) is 0 Å². The van der Waals surface area contributed by atoms with Gasteiger partial charge in [0.2, 0.25) is 0 Å². The molecule has 0 saturated heterocycles. The van der Waals surface area contributed by atoms with E-state index in [0.29, 0.717) is 18.1 Å². The van der Waals surface area contributed by atoms with Gasteiger partial charge < -0.3 is 0 Å². The van der Waals surface area contributed by atoms with Crippen LogP contribution in [0.2, 0.25) is 0 Å². The lowest BCUT2D eigenvalue weighted by molar-refractivity contribution is -0.592. The molecule has 0 atom stereocenters. The predicted molar refractivity (Wildman–Crippen MR) is 64.8 cm³/mol. The maximum absolute atomic E-state index is 4.40. The molecule has 0 aromatic rings. The Kier molecular flexibility index (Phi) is 5.04. The molecule has 1 aliphatic rings. The first-order chi connectivity index (χ1) is 7.11. The van der Waals surface area contributed by atoms with Gasteiger partial charge in [0.05, 0.1) is 6.04 Å². The van der Waals surface area contributed by atoms with Crippen LogP contribution in [0.25, 0.3) is 0 Å². The van der Waals surface area contributed by atoms with Gasteiger partial charge in [0.25, 0.3) is 0 Å². The van der Waals surface area contributed by atoms with E-state index < -0.39 is 0 Å². The van der Waals surface area contributed by atoms with Crippen LogP contribution in [0.1, 0.15) is 59.8 Å². The van der Waals surface area contributed by atoms with Gasteiger partial charge in [-0.2, -0.15) is 0 Å². The Balaban J connectivity index is 2.76. The lowest BCUT2D eigenvalue weighted by atomic mass is 9.94. The third-order valence-electron chi connectivity index (χ3n) is 2.96. The smallest absolute Gasteiger partial charge is 0.215 e.